The predicted octanol–water partition coefficient (Wildman–Crippen LogP) is 4.04. The van der Waals surface area contributed by atoms with Gasteiger partial charge in [-0.05, 0) is 44.9 Å². The minimum absolute atomic E-state index is 0.00373. The summed E-state index contributed by atoms with van der Waals surface area (Å²) in [6.07, 6.45) is 6.99. The van der Waals surface area contributed by atoms with Crippen LogP contribution in [0.2, 0.25) is 0 Å². The van der Waals surface area contributed by atoms with Gasteiger partial charge in [0.1, 0.15) is 17.8 Å². The van der Waals surface area contributed by atoms with Crippen LogP contribution in [0.15, 0.2) is 0 Å². The first-order valence-corrected chi connectivity index (χ1v) is 11.3. The normalized spacial score (nSPS) is 33.5. The summed E-state index contributed by atoms with van der Waals surface area (Å²) in [6.45, 7) is 9.53. The molecule has 6 nitrogen and oxygen atoms in total. The molecule has 0 aromatic heterocycles. The second kappa shape index (κ2) is 8.65. The molecule has 29 heavy (non-hydrogen) atoms. The summed E-state index contributed by atoms with van der Waals surface area (Å²) in [5.41, 5.74) is -0.110. The summed E-state index contributed by atoms with van der Waals surface area (Å²) in [4.78, 5) is 34.5. The van der Waals surface area contributed by atoms with Crippen LogP contribution in [-0.2, 0) is 28.6 Å². The van der Waals surface area contributed by atoms with Gasteiger partial charge in [0, 0.05) is 11.8 Å². The van der Waals surface area contributed by atoms with Gasteiger partial charge in [0.05, 0.1) is 17.8 Å². The molecule has 4 fully saturated rings. The summed E-state index contributed by atoms with van der Waals surface area (Å²) in [6, 6.07) is 0. The van der Waals surface area contributed by atoms with Crippen LogP contribution in [-0.4, -0.2) is 35.7 Å². The van der Waals surface area contributed by atoms with E-state index in [0.29, 0.717) is 11.8 Å². The van der Waals surface area contributed by atoms with E-state index in [0.717, 1.165) is 32.1 Å². The third-order valence-electron chi connectivity index (χ3n) is 7.09. The fourth-order valence-corrected chi connectivity index (χ4v) is 5.21. The van der Waals surface area contributed by atoms with E-state index < -0.39 is 0 Å². The summed E-state index contributed by atoms with van der Waals surface area (Å²) in [7, 11) is 0. The predicted molar refractivity (Wildman–Crippen MR) is 107 cm³/mol. The third-order valence-corrected chi connectivity index (χ3v) is 7.09. The van der Waals surface area contributed by atoms with Crippen LogP contribution in [0.4, 0.5) is 0 Å². The molecule has 4 aliphatic rings. The van der Waals surface area contributed by atoms with Crippen LogP contribution >= 0.6 is 0 Å². The highest BCUT2D eigenvalue weighted by Crippen LogP contribution is 2.55. The molecule has 164 valence electrons. The SMILES string of the molecule is CC(C)C(=O)OC1C2CC3C(=O)OC1C3C2.CCC1(OC(=O)C(C)C)CCCC1. The molecule has 6 heteroatoms. The molecule has 3 aliphatic carbocycles. The summed E-state index contributed by atoms with van der Waals surface area (Å²) >= 11 is 0. The topological polar surface area (TPSA) is 78.9 Å². The van der Waals surface area contributed by atoms with Gasteiger partial charge in [-0.3, -0.25) is 14.4 Å². The molecule has 0 N–H and O–H groups in total. The van der Waals surface area contributed by atoms with Gasteiger partial charge in [-0.2, -0.15) is 0 Å². The van der Waals surface area contributed by atoms with Crippen LogP contribution < -0.4 is 0 Å². The molecule has 1 saturated heterocycles. The van der Waals surface area contributed by atoms with Gasteiger partial charge in [0.25, 0.3) is 0 Å². The lowest BCUT2D eigenvalue weighted by atomic mass is 9.88. The van der Waals surface area contributed by atoms with Crippen LogP contribution in [0, 0.1) is 29.6 Å². The van der Waals surface area contributed by atoms with Gasteiger partial charge < -0.3 is 14.2 Å². The lowest BCUT2D eigenvalue weighted by Gasteiger charge is -2.28. The van der Waals surface area contributed by atoms with E-state index >= 15 is 0 Å². The average molecular weight is 409 g/mol. The summed E-state index contributed by atoms with van der Waals surface area (Å²) in [5, 5.41) is 0. The highest BCUT2D eigenvalue weighted by Gasteiger charge is 2.63. The maximum atomic E-state index is 11.6. The van der Waals surface area contributed by atoms with E-state index in [1.54, 1.807) is 0 Å². The van der Waals surface area contributed by atoms with Crippen molar-refractivity contribution >= 4 is 17.9 Å². The quantitative estimate of drug-likeness (QED) is 0.504. The van der Waals surface area contributed by atoms with Crippen molar-refractivity contribution in [2.45, 2.75) is 97.4 Å². The molecule has 0 amide bonds. The second-order valence-corrected chi connectivity index (χ2v) is 9.78. The Balaban J connectivity index is 0.000000170. The van der Waals surface area contributed by atoms with Crippen LogP contribution in [0.25, 0.3) is 0 Å². The standard InChI is InChI=1S/C12H16O4.C11H20O2/c1-5(2)11(13)15-9-6-3-7-8(4-6)12(14)16-10(7)9;1-4-11(7-5-6-8-11)13-10(12)9(2)3/h5-10H,3-4H2,1-2H3;9H,4-8H2,1-3H3. The molecular weight excluding hydrogens is 372 g/mol. The van der Waals surface area contributed by atoms with Gasteiger partial charge in [-0.1, -0.05) is 34.6 Å². The number of fused-ring (bicyclic) bond motifs is 1. The first kappa shape index (κ1) is 22.1. The van der Waals surface area contributed by atoms with Gasteiger partial charge in [-0.15, -0.1) is 0 Å². The number of hydrogen-bond donors (Lipinski definition) is 0. The van der Waals surface area contributed by atoms with E-state index in [4.69, 9.17) is 14.2 Å². The monoisotopic (exact) mass is 408 g/mol. The minimum atomic E-state index is -0.183. The Morgan fingerprint density at radius 3 is 2.24 bits per heavy atom. The molecule has 1 heterocycles. The Morgan fingerprint density at radius 2 is 1.69 bits per heavy atom. The maximum absolute atomic E-state index is 11.6. The Labute approximate surface area is 174 Å². The Morgan fingerprint density at radius 1 is 1.07 bits per heavy atom. The van der Waals surface area contributed by atoms with Crippen molar-refractivity contribution in [1.29, 1.82) is 0 Å². The fourth-order valence-electron chi connectivity index (χ4n) is 5.21. The molecule has 0 aromatic carbocycles. The number of ether oxygens (including phenoxy) is 3. The lowest BCUT2D eigenvalue weighted by Crippen LogP contribution is -2.36. The molecule has 3 saturated carbocycles. The molecule has 2 bridgehead atoms. The average Bonchev–Trinajstić information content (AvgIpc) is 3.41. The first-order valence-electron chi connectivity index (χ1n) is 11.3. The molecular formula is C23H36O6. The van der Waals surface area contributed by atoms with Crippen LogP contribution in [0.1, 0.15) is 79.6 Å². The molecule has 5 atom stereocenters. The molecule has 0 aromatic rings. The second-order valence-electron chi connectivity index (χ2n) is 9.78. The van der Waals surface area contributed by atoms with E-state index in [1.807, 2.05) is 27.7 Å². The number of carbonyl (C=O) groups excluding carboxylic acids is 3. The van der Waals surface area contributed by atoms with E-state index in [9.17, 15) is 14.4 Å². The van der Waals surface area contributed by atoms with E-state index in [1.165, 1.54) is 12.8 Å². The Hall–Kier alpha value is -1.59. The zero-order chi connectivity index (χ0) is 21.3. The molecule has 5 unspecified atom stereocenters. The molecule has 0 radical (unpaired) electrons. The largest absolute Gasteiger partial charge is 0.459 e. The zero-order valence-corrected chi connectivity index (χ0v) is 18.4. The first-order chi connectivity index (χ1) is 13.7. The molecule has 1 aliphatic heterocycles. The number of esters is 3. The Bertz CT molecular complexity index is 633. The van der Waals surface area contributed by atoms with E-state index in [-0.39, 0.29) is 53.5 Å². The fraction of sp³-hybridized carbons (Fsp3) is 0.870. The van der Waals surface area contributed by atoms with Crippen molar-refractivity contribution < 1.29 is 28.6 Å². The minimum Gasteiger partial charge on any atom is -0.459 e. The number of carbonyl (C=O) groups is 3. The number of rotatable bonds is 5. The highest BCUT2D eigenvalue weighted by atomic mass is 16.6. The summed E-state index contributed by atoms with van der Waals surface area (Å²) < 4.78 is 16.4. The van der Waals surface area contributed by atoms with E-state index in [2.05, 4.69) is 6.92 Å². The Kier molecular flexibility index (Phi) is 6.59. The van der Waals surface area contributed by atoms with Crippen molar-refractivity contribution in [2.24, 2.45) is 29.6 Å². The van der Waals surface area contributed by atoms with Gasteiger partial charge in [0.15, 0.2) is 0 Å². The summed E-state index contributed by atoms with van der Waals surface area (Å²) in [5.74, 6) is 0.318. The zero-order valence-electron chi connectivity index (χ0n) is 18.4. The van der Waals surface area contributed by atoms with Crippen LogP contribution in [0.3, 0.4) is 0 Å². The number of hydrogen-bond acceptors (Lipinski definition) is 6. The van der Waals surface area contributed by atoms with Crippen molar-refractivity contribution in [1.82, 2.24) is 0 Å². The lowest BCUT2D eigenvalue weighted by molar-refractivity contribution is -0.164. The maximum Gasteiger partial charge on any atom is 0.309 e. The van der Waals surface area contributed by atoms with Crippen molar-refractivity contribution in [3.05, 3.63) is 0 Å². The smallest absolute Gasteiger partial charge is 0.309 e. The molecule has 0 spiro atoms. The third kappa shape index (κ3) is 4.46. The van der Waals surface area contributed by atoms with Crippen molar-refractivity contribution in [2.75, 3.05) is 0 Å². The van der Waals surface area contributed by atoms with Gasteiger partial charge in [-0.25, -0.2) is 0 Å². The highest BCUT2D eigenvalue weighted by molar-refractivity contribution is 5.77. The van der Waals surface area contributed by atoms with Crippen molar-refractivity contribution in [3.8, 4) is 0 Å². The molecule has 4 rings (SSSR count). The van der Waals surface area contributed by atoms with Gasteiger partial charge in [0.2, 0.25) is 0 Å². The van der Waals surface area contributed by atoms with Crippen LogP contribution in [0.5, 0.6) is 0 Å². The van der Waals surface area contributed by atoms with Crippen molar-refractivity contribution in [3.63, 3.8) is 0 Å². The van der Waals surface area contributed by atoms with Gasteiger partial charge >= 0.3 is 17.9 Å².